The van der Waals surface area contributed by atoms with Crippen molar-refractivity contribution in [2.75, 3.05) is 45.8 Å². The average molecular weight is 338 g/mol. The first-order valence-corrected chi connectivity index (χ1v) is 10.7. The van der Waals surface area contributed by atoms with E-state index in [4.69, 9.17) is 0 Å². The average Bonchev–Trinajstić information content (AvgIpc) is 2.91. The van der Waals surface area contributed by atoms with Crippen molar-refractivity contribution in [2.24, 2.45) is 5.92 Å². The van der Waals surface area contributed by atoms with Gasteiger partial charge in [0.1, 0.15) is 0 Å². The highest BCUT2D eigenvalue weighted by Gasteiger charge is 2.37. The van der Waals surface area contributed by atoms with Crippen LogP contribution in [0.4, 0.5) is 0 Å². The lowest BCUT2D eigenvalue weighted by molar-refractivity contribution is -0.962. The topological polar surface area (TPSA) is 29.2 Å². The molecule has 3 fully saturated rings. The zero-order valence-corrected chi connectivity index (χ0v) is 15.8. The highest BCUT2D eigenvalue weighted by molar-refractivity contribution is 5.79. The number of piperidine rings is 2. The number of hydrogen-bond donors (Lipinski definition) is 2. The van der Waals surface area contributed by atoms with Crippen molar-refractivity contribution in [1.82, 2.24) is 4.90 Å². The standard InChI is InChI=1S/C20H37N3O/c1-2-11-21-15-9-19(10-16-21)23-14-7-8-18(17-23)20(24)22-12-5-3-4-6-13-22/h18-19H,2-17H2,1H3/p+2. The molecule has 3 saturated heterocycles. The number of hydrogen-bond acceptors (Lipinski definition) is 1. The van der Waals surface area contributed by atoms with E-state index in [-0.39, 0.29) is 0 Å². The quantitative estimate of drug-likeness (QED) is 0.751. The zero-order chi connectivity index (χ0) is 16.8. The van der Waals surface area contributed by atoms with Crippen LogP contribution in [-0.4, -0.2) is 62.7 Å². The predicted molar refractivity (Wildman–Crippen MR) is 97.3 cm³/mol. The fourth-order valence-corrected chi connectivity index (χ4v) is 5.26. The van der Waals surface area contributed by atoms with Crippen molar-refractivity contribution in [1.29, 1.82) is 0 Å². The number of nitrogens with zero attached hydrogens (tertiary/aromatic N) is 1. The lowest BCUT2D eigenvalue weighted by Gasteiger charge is -2.39. The van der Waals surface area contributed by atoms with E-state index in [0.29, 0.717) is 11.8 Å². The summed E-state index contributed by atoms with van der Waals surface area (Å²) in [6, 6.07) is 0.824. The fraction of sp³-hybridized carbons (Fsp3) is 0.950. The van der Waals surface area contributed by atoms with E-state index < -0.39 is 0 Å². The number of carbonyl (C=O) groups excluding carboxylic acids is 1. The molecular weight excluding hydrogens is 298 g/mol. The molecule has 3 heterocycles. The van der Waals surface area contributed by atoms with E-state index in [1.165, 1.54) is 77.5 Å². The molecule has 0 spiro atoms. The van der Waals surface area contributed by atoms with Crippen LogP contribution in [0.15, 0.2) is 0 Å². The number of carbonyl (C=O) groups is 1. The second-order valence-electron chi connectivity index (χ2n) is 8.47. The summed E-state index contributed by atoms with van der Waals surface area (Å²) in [6.45, 7) is 10.8. The molecule has 0 aromatic heterocycles. The molecule has 24 heavy (non-hydrogen) atoms. The van der Waals surface area contributed by atoms with Gasteiger partial charge < -0.3 is 14.7 Å². The minimum atomic E-state index is 0.313. The Kier molecular flexibility index (Phi) is 6.96. The van der Waals surface area contributed by atoms with Crippen LogP contribution < -0.4 is 9.80 Å². The van der Waals surface area contributed by atoms with Crippen molar-refractivity contribution in [3.05, 3.63) is 0 Å². The molecule has 2 unspecified atom stereocenters. The lowest BCUT2D eigenvalue weighted by Crippen LogP contribution is -3.21. The van der Waals surface area contributed by atoms with Gasteiger partial charge >= 0.3 is 0 Å². The van der Waals surface area contributed by atoms with Gasteiger partial charge in [0.25, 0.3) is 0 Å². The van der Waals surface area contributed by atoms with E-state index in [1.807, 2.05) is 4.90 Å². The van der Waals surface area contributed by atoms with Crippen molar-refractivity contribution < 1.29 is 14.6 Å². The van der Waals surface area contributed by atoms with Gasteiger partial charge in [0, 0.05) is 25.9 Å². The molecule has 2 N–H and O–H groups in total. The first-order valence-electron chi connectivity index (χ1n) is 10.7. The Balaban J connectivity index is 1.50. The Morgan fingerprint density at radius 3 is 2.33 bits per heavy atom. The van der Waals surface area contributed by atoms with Crippen LogP contribution in [0.3, 0.4) is 0 Å². The van der Waals surface area contributed by atoms with Crippen LogP contribution in [0.25, 0.3) is 0 Å². The summed E-state index contributed by atoms with van der Waals surface area (Å²) in [4.78, 5) is 18.7. The molecule has 3 aliphatic rings. The lowest BCUT2D eigenvalue weighted by atomic mass is 9.92. The summed E-state index contributed by atoms with van der Waals surface area (Å²) in [7, 11) is 0. The van der Waals surface area contributed by atoms with Gasteiger partial charge in [0.05, 0.1) is 44.7 Å². The number of likely N-dealkylation sites (tertiary alicyclic amines) is 3. The minimum absolute atomic E-state index is 0.313. The third-order valence-corrected chi connectivity index (χ3v) is 6.70. The van der Waals surface area contributed by atoms with Gasteiger partial charge in [-0.3, -0.25) is 4.79 Å². The first kappa shape index (κ1) is 18.2. The highest BCUT2D eigenvalue weighted by atomic mass is 16.2. The van der Waals surface area contributed by atoms with Crippen LogP contribution in [-0.2, 0) is 4.79 Å². The molecule has 0 bridgehead atoms. The summed E-state index contributed by atoms with van der Waals surface area (Å²) in [6.07, 6.45) is 11.5. The third-order valence-electron chi connectivity index (χ3n) is 6.70. The summed E-state index contributed by atoms with van der Waals surface area (Å²) < 4.78 is 0. The van der Waals surface area contributed by atoms with Crippen LogP contribution in [0.2, 0.25) is 0 Å². The zero-order valence-electron chi connectivity index (χ0n) is 15.8. The fourth-order valence-electron chi connectivity index (χ4n) is 5.26. The molecule has 0 saturated carbocycles. The highest BCUT2D eigenvalue weighted by Crippen LogP contribution is 2.17. The van der Waals surface area contributed by atoms with E-state index in [0.717, 1.165) is 32.1 Å². The van der Waals surface area contributed by atoms with E-state index in [9.17, 15) is 4.79 Å². The monoisotopic (exact) mass is 337 g/mol. The van der Waals surface area contributed by atoms with Gasteiger partial charge in [-0.1, -0.05) is 19.8 Å². The maximum atomic E-state index is 13.0. The molecular formula is C20H39N3O+2. The molecule has 0 aliphatic carbocycles. The van der Waals surface area contributed by atoms with Crippen LogP contribution >= 0.6 is 0 Å². The third kappa shape index (κ3) is 4.72. The maximum Gasteiger partial charge on any atom is 0.231 e. The van der Waals surface area contributed by atoms with Crippen molar-refractivity contribution in [2.45, 2.75) is 70.8 Å². The first-order chi connectivity index (χ1) is 11.8. The second-order valence-corrected chi connectivity index (χ2v) is 8.47. The van der Waals surface area contributed by atoms with Crippen LogP contribution in [0, 0.1) is 5.92 Å². The Morgan fingerprint density at radius 1 is 0.958 bits per heavy atom. The van der Waals surface area contributed by atoms with Gasteiger partial charge in [0.2, 0.25) is 5.91 Å². The Bertz CT molecular complexity index is 384. The van der Waals surface area contributed by atoms with Crippen molar-refractivity contribution >= 4 is 5.91 Å². The molecule has 0 aromatic carbocycles. The maximum absolute atomic E-state index is 13.0. The van der Waals surface area contributed by atoms with Crippen molar-refractivity contribution in [3.63, 3.8) is 0 Å². The largest absolute Gasteiger partial charge is 0.342 e. The molecule has 1 amide bonds. The van der Waals surface area contributed by atoms with Crippen LogP contribution in [0.1, 0.15) is 64.7 Å². The molecule has 0 aromatic rings. The number of quaternary nitrogens is 2. The van der Waals surface area contributed by atoms with E-state index in [2.05, 4.69) is 11.8 Å². The van der Waals surface area contributed by atoms with Gasteiger partial charge in [-0.2, -0.15) is 0 Å². The molecule has 2 atom stereocenters. The SMILES string of the molecule is CCC[NH+]1CCC([NH+]2CCCC(C(=O)N3CCCCCC3)C2)CC1. The van der Waals surface area contributed by atoms with Gasteiger partial charge in [-0.15, -0.1) is 0 Å². The van der Waals surface area contributed by atoms with E-state index >= 15 is 0 Å². The Labute approximate surface area is 148 Å². The summed E-state index contributed by atoms with van der Waals surface area (Å²) in [5.74, 6) is 0.802. The Morgan fingerprint density at radius 2 is 1.67 bits per heavy atom. The molecule has 0 radical (unpaired) electrons. The van der Waals surface area contributed by atoms with Gasteiger partial charge in [-0.05, 0) is 32.1 Å². The van der Waals surface area contributed by atoms with Crippen LogP contribution in [0.5, 0.6) is 0 Å². The number of nitrogens with one attached hydrogen (secondary N) is 2. The second kappa shape index (κ2) is 9.19. The van der Waals surface area contributed by atoms with Crippen molar-refractivity contribution in [3.8, 4) is 0 Å². The van der Waals surface area contributed by atoms with Gasteiger partial charge in [0.15, 0.2) is 0 Å². The predicted octanol–water partition coefficient (Wildman–Crippen LogP) is 0.141. The number of amides is 1. The molecule has 3 rings (SSSR count). The van der Waals surface area contributed by atoms with Gasteiger partial charge in [-0.25, -0.2) is 0 Å². The minimum Gasteiger partial charge on any atom is -0.342 e. The molecule has 4 nitrogen and oxygen atoms in total. The normalized spacial score (nSPS) is 35.5. The molecule has 3 aliphatic heterocycles. The number of rotatable bonds is 4. The molecule has 4 heteroatoms. The summed E-state index contributed by atoms with van der Waals surface area (Å²) >= 11 is 0. The van der Waals surface area contributed by atoms with E-state index in [1.54, 1.807) is 4.90 Å². The Hall–Kier alpha value is -0.610. The summed E-state index contributed by atoms with van der Waals surface area (Å²) in [5.41, 5.74) is 0. The smallest absolute Gasteiger partial charge is 0.231 e. The summed E-state index contributed by atoms with van der Waals surface area (Å²) in [5, 5.41) is 0. The molecule has 138 valence electrons.